The lowest BCUT2D eigenvalue weighted by Crippen LogP contribution is -2.30. The number of halogens is 3. The Morgan fingerprint density at radius 3 is 2.69 bits per heavy atom. The van der Waals surface area contributed by atoms with E-state index in [0.29, 0.717) is 16.5 Å². The molecule has 4 rings (SSSR count). The molecule has 0 bridgehead atoms. The molecular weight excluding hydrogens is 459 g/mol. The number of nitrogens with zero attached hydrogens (tertiary/aromatic N) is 2. The molecule has 1 saturated carbocycles. The second-order valence-electron chi connectivity index (χ2n) is 8.15. The number of thioether (sulfide) groups is 2. The van der Waals surface area contributed by atoms with Gasteiger partial charge < -0.3 is 5.32 Å². The maximum Gasteiger partial charge on any atom is 0.418 e. The minimum Gasteiger partial charge on any atom is -0.325 e. The molecule has 2 heterocycles. The highest BCUT2D eigenvalue weighted by Gasteiger charge is 2.34. The van der Waals surface area contributed by atoms with Crippen LogP contribution >= 0.6 is 23.5 Å². The fourth-order valence-corrected chi connectivity index (χ4v) is 6.22. The van der Waals surface area contributed by atoms with Crippen molar-refractivity contribution in [2.75, 3.05) is 11.1 Å². The van der Waals surface area contributed by atoms with Crippen LogP contribution in [0.3, 0.4) is 0 Å². The molecule has 1 atom stereocenters. The zero-order valence-corrected chi connectivity index (χ0v) is 19.2. The van der Waals surface area contributed by atoms with Crippen molar-refractivity contribution in [2.24, 2.45) is 0 Å². The normalized spacial score (nSPS) is 19.1. The zero-order chi connectivity index (χ0) is 22.9. The van der Waals surface area contributed by atoms with Crippen LogP contribution < -0.4 is 10.9 Å². The van der Waals surface area contributed by atoms with Crippen molar-refractivity contribution in [1.82, 2.24) is 9.55 Å². The van der Waals surface area contributed by atoms with Crippen molar-refractivity contribution in [3.8, 4) is 0 Å². The Labute approximate surface area is 192 Å². The Balaban J connectivity index is 1.56. The van der Waals surface area contributed by atoms with Crippen LogP contribution in [0.1, 0.15) is 56.3 Å². The first-order valence-corrected chi connectivity index (χ1v) is 12.5. The zero-order valence-electron chi connectivity index (χ0n) is 17.6. The predicted octanol–water partition coefficient (Wildman–Crippen LogP) is 5.53. The third-order valence-electron chi connectivity index (χ3n) is 5.69. The van der Waals surface area contributed by atoms with Crippen molar-refractivity contribution in [3.05, 3.63) is 45.9 Å². The Morgan fingerprint density at radius 2 is 1.97 bits per heavy atom. The monoisotopic (exact) mass is 483 g/mol. The number of hydrogen-bond acceptors (Lipinski definition) is 5. The molecule has 0 saturated heterocycles. The highest BCUT2D eigenvalue weighted by molar-refractivity contribution is 8.00. The number of hydrogen-bond donors (Lipinski definition) is 1. The predicted molar refractivity (Wildman–Crippen MR) is 120 cm³/mol. The first-order chi connectivity index (χ1) is 15.2. The molecular formula is C22H24F3N3O2S2. The second-order valence-corrected chi connectivity index (χ2v) is 10.5. The lowest BCUT2D eigenvalue weighted by molar-refractivity contribution is -0.137. The molecule has 1 N–H and O–H groups in total. The molecule has 1 amide bonds. The maximum atomic E-state index is 13.3. The molecule has 172 valence electrons. The fraction of sp³-hybridized carbons (Fsp3) is 0.500. The SMILES string of the molecule is CC1Cc2nc(SCC(=O)Nc3ccccc3C(F)(F)F)n(C3CCCCC3)c(=O)c2S1. The van der Waals surface area contributed by atoms with Gasteiger partial charge in [0.2, 0.25) is 5.91 Å². The van der Waals surface area contributed by atoms with Crippen LogP contribution in [0.4, 0.5) is 18.9 Å². The van der Waals surface area contributed by atoms with Crippen molar-refractivity contribution < 1.29 is 18.0 Å². The van der Waals surface area contributed by atoms with Gasteiger partial charge in [0.05, 0.1) is 27.6 Å². The van der Waals surface area contributed by atoms with E-state index in [4.69, 9.17) is 4.98 Å². The maximum absolute atomic E-state index is 13.3. The van der Waals surface area contributed by atoms with Gasteiger partial charge in [0.25, 0.3) is 5.56 Å². The number of anilines is 1. The van der Waals surface area contributed by atoms with E-state index in [1.807, 2.05) is 0 Å². The highest BCUT2D eigenvalue weighted by atomic mass is 32.2. The van der Waals surface area contributed by atoms with Crippen LogP contribution in [0, 0.1) is 0 Å². The summed E-state index contributed by atoms with van der Waals surface area (Å²) in [5, 5.41) is 3.11. The number of benzene rings is 1. The molecule has 2 aromatic rings. The fourth-order valence-electron chi connectivity index (χ4n) is 4.23. The lowest BCUT2D eigenvalue weighted by Gasteiger charge is -2.26. The van der Waals surface area contributed by atoms with E-state index in [0.717, 1.165) is 55.6 Å². The van der Waals surface area contributed by atoms with E-state index in [1.54, 1.807) is 16.3 Å². The van der Waals surface area contributed by atoms with Gasteiger partial charge in [-0.1, -0.05) is 50.1 Å². The molecule has 1 fully saturated rings. The van der Waals surface area contributed by atoms with Crippen LogP contribution in [-0.2, 0) is 17.4 Å². The van der Waals surface area contributed by atoms with Gasteiger partial charge in [0.1, 0.15) is 0 Å². The molecule has 10 heteroatoms. The van der Waals surface area contributed by atoms with Crippen LogP contribution in [-0.4, -0.2) is 26.5 Å². The topological polar surface area (TPSA) is 64.0 Å². The Kier molecular flexibility index (Phi) is 6.90. The van der Waals surface area contributed by atoms with E-state index in [2.05, 4.69) is 12.2 Å². The minimum absolute atomic E-state index is 0.0436. The average Bonchev–Trinajstić information content (AvgIpc) is 3.13. The lowest BCUT2D eigenvalue weighted by atomic mass is 9.95. The molecule has 0 spiro atoms. The number of carbonyl (C=O) groups excluding carboxylic acids is 1. The van der Waals surface area contributed by atoms with Gasteiger partial charge in [-0.15, -0.1) is 11.8 Å². The molecule has 1 aliphatic carbocycles. The van der Waals surface area contributed by atoms with Gasteiger partial charge in [-0.25, -0.2) is 4.98 Å². The summed E-state index contributed by atoms with van der Waals surface area (Å²) in [6.07, 6.45) is 1.12. The number of amides is 1. The summed E-state index contributed by atoms with van der Waals surface area (Å²) >= 11 is 2.66. The van der Waals surface area contributed by atoms with Gasteiger partial charge in [-0.05, 0) is 25.0 Å². The number of nitrogens with one attached hydrogen (secondary N) is 1. The molecule has 1 aromatic carbocycles. The van der Waals surface area contributed by atoms with E-state index in [9.17, 15) is 22.8 Å². The number of alkyl halides is 3. The summed E-state index contributed by atoms with van der Waals surface area (Å²) in [6, 6.07) is 4.94. The van der Waals surface area contributed by atoms with Gasteiger partial charge in [0, 0.05) is 17.7 Å². The Bertz CT molecular complexity index is 1070. The van der Waals surface area contributed by atoms with E-state index in [1.165, 1.54) is 18.2 Å². The van der Waals surface area contributed by atoms with E-state index < -0.39 is 17.6 Å². The average molecular weight is 484 g/mol. The number of rotatable bonds is 5. The quantitative estimate of drug-likeness (QED) is 0.447. The summed E-state index contributed by atoms with van der Waals surface area (Å²) in [4.78, 5) is 31.2. The summed E-state index contributed by atoms with van der Waals surface area (Å²) in [5.74, 6) is -0.702. The van der Waals surface area contributed by atoms with Gasteiger partial charge in [-0.2, -0.15) is 13.2 Å². The highest BCUT2D eigenvalue weighted by Crippen LogP contribution is 2.37. The standard InChI is InChI=1S/C22H24F3N3O2S2/c1-13-11-17-19(32-13)20(30)28(14-7-3-2-4-8-14)21(27-17)31-12-18(29)26-16-10-6-5-9-15(16)22(23,24)25/h5-6,9-10,13-14H,2-4,7-8,11-12H2,1H3,(H,26,29). The van der Waals surface area contributed by atoms with Crippen LogP contribution in [0.15, 0.2) is 39.1 Å². The minimum atomic E-state index is -4.56. The third kappa shape index (κ3) is 5.01. The smallest absolute Gasteiger partial charge is 0.325 e. The van der Waals surface area contributed by atoms with Crippen molar-refractivity contribution >= 4 is 35.1 Å². The molecule has 1 aromatic heterocycles. The van der Waals surface area contributed by atoms with Crippen LogP contribution in [0.5, 0.6) is 0 Å². The first kappa shape index (κ1) is 23.2. The second kappa shape index (κ2) is 9.51. The third-order valence-corrected chi connectivity index (χ3v) is 7.86. The summed E-state index contributed by atoms with van der Waals surface area (Å²) in [6.45, 7) is 2.05. The van der Waals surface area contributed by atoms with E-state index in [-0.39, 0.29) is 28.3 Å². The molecule has 5 nitrogen and oxygen atoms in total. The van der Waals surface area contributed by atoms with Gasteiger partial charge in [0.15, 0.2) is 5.16 Å². The number of para-hydroxylation sites is 1. The van der Waals surface area contributed by atoms with Gasteiger partial charge >= 0.3 is 6.18 Å². The summed E-state index contributed by atoms with van der Waals surface area (Å²) in [7, 11) is 0. The summed E-state index contributed by atoms with van der Waals surface area (Å²) in [5.41, 5.74) is -0.465. The molecule has 2 aliphatic rings. The summed E-state index contributed by atoms with van der Waals surface area (Å²) < 4.78 is 41.3. The molecule has 1 unspecified atom stereocenters. The van der Waals surface area contributed by atoms with Gasteiger partial charge in [-0.3, -0.25) is 14.2 Å². The van der Waals surface area contributed by atoms with Crippen molar-refractivity contribution in [3.63, 3.8) is 0 Å². The molecule has 32 heavy (non-hydrogen) atoms. The largest absolute Gasteiger partial charge is 0.418 e. The number of aromatic nitrogens is 2. The van der Waals surface area contributed by atoms with Crippen LogP contribution in [0.25, 0.3) is 0 Å². The number of fused-ring (bicyclic) bond motifs is 1. The number of carbonyl (C=O) groups is 1. The van der Waals surface area contributed by atoms with E-state index >= 15 is 0 Å². The molecule has 1 aliphatic heterocycles. The Morgan fingerprint density at radius 1 is 1.25 bits per heavy atom. The Hall–Kier alpha value is -1.94. The van der Waals surface area contributed by atoms with Crippen molar-refractivity contribution in [2.45, 2.75) is 73.0 Å². The van der Waals surface area contributed by atoms with Crippen molar-refractivity contribution in [1.29, 1.82) is 0 Å². The van der Waals surface area contributed by atoms with Crippen LogP contribution in [0.2, 0.25) is 0 Å². The first-order valence-electron chi connectivity index (χ1n) is 10.6. The molecule has 0 radical (unpaired) electrons.